The molecule has 2 rings (SSSR count). The maximum Gasteiger partial charge on any atom is 0.252 e. The van der Waals surface area contributed by atoms with Crippen molar-refractivity contribution >= 4 is 33.8 Å². The Morgan fingerprint density at radius 3 is 2.44 bits per heavy atom. The van der Waals surface area contributed by atoms with Crippen LogP contribution in [0.2, 0.25) is 0 Å². The molecule has 0 atom stereocenters. The van der Waals surface area contributed by atoms with Crippen LogP contribution < -0.4 is 5.73 Å². The Labute approximate surface area is 119 Å². The lowest BCUT2D eigenvalue weighted by Gasteiger charge is -2.30. The summed E-state index contributed by atoms with van der Waals surface area (Å²) in [6.45, 7) is 3.78. The molecular formula is C11H19ClN2O2S2. The fraction of sp³-hybridized carbons (Fsp3) is 0.636. The lowest BCUT2D eigenvalue weighted by molar-refractivity contribution is 0.279. The Morgan fingerprint density at radius 1 is 1.39 bits per heavy atom. The van der Waals surface area contributed by atoms with E-state index in [1.165, 1.54) is 11.3 Å². The highest BCUT2D eigenvalue weighted by atomic mass is 35.5. The summed E-state index contributed by atoms with van der Waals surface area (Å²) < 4.78 is 26.6. The largest absolute Gasteiger partial charge is 0.330 e. The number of nitrogens with two attached hydrogens (primary N) is 1. The lowest BCUT2D eigenvalue weighted by atomic mass is 9.99. The molecule has 0 aromatic carbocycles. The first-order chi connectivity index (χ1) is 8.04. The highest BCUT2D eigenvalue weighted by Crippen LogP contribution is 2.27. The Kier molecular flexibility index (Phi) is 5.61. The summed E-state index contributed by atoms with van der Waals surface area (Å²) in [5.41, 5.74) is 5.61. The molecule has 0 bridgehead atoms. The van der Waals surface area contributed by atoms with E-state index in [-0.39, 0.29) is 12.4 Å². The molecule has 1 saturated heterocycles. The molecule has 104 valence electrons. The van der Waals surface area contributed by atoms with E-state index in [0.717, 1.165) is 17.7 Å². The van der Waals surface area contributed by atoms with Gasteiger partial charge in [-0.05, 0) is 44.4 Å². The molecule has 1 aromatic heterocycles. The topological polar surface area (TPSA) is 63.4 Å². The second-order valence-corrected chi connectivity index (χ2v) is 7.90. The van der Waals surface area contributed by atoms with Gasteiger partial charge >= 0.3 is 0 Å². The van der Waals surface area contributed by atoms with Gasteiger partial charge in [-0.25, -0.2) is 8.42 Å². The minimum absolute atomic E-state index is 0. The van der Waals surface area contributed by atoms with Gasteiger partial charge in [0.15, 0.2) is 0 Å². The summed E-state index contributed by atoms with van der Waals surface area (Å²) in [7, 11) is -3.26. The Balaban J connectivity index is 0.00000162. The molecule has 1 aromatic rings. The first-order valence-corrected chi connectivity index (χ1v) is 8.06. The smallest absolute Gasteiger partial charge is 0.252 e. The number of hydrogen-bond donors (Lipinski definition) is 1. The molecule has 0 spiro atoms. The zero-order chi connectivity index (χ0) is 12.5. The van der Waals surface area contributed by atoms with Gasteiger partial charge in [-0.2, -0.15) is 4.31 Å². The summed E-state index contributed by atoms with van der Waals surface area (Å²) >= 11 is 1.34. The van der Waals surface area contributed by atoms with Crippen LogP contribution in [0.15, 0.2) is 16.3 Å². The number of piperidine rings is 1. The monoisotopic (exact) mass is 310 g/mol. The molecule has 0 radical (unpaired) electrons. The zero-order valence-electron chi connectivity index (χ0n) is 10.3. The van der Waals surface area contributed by atoms with Crippen molar-refractivity contribution in [2.45, 2.75) is 24.0 Å². The standard InChI is InChI=1S/C11H18N2O2S2.ClH/c1-9-2-3-11(16-9)17(14,15)13-6-4-10(8-12)5-7-13;/h2-3,10H,4-8,12H2,1H3;1H. The Hall–Kier alpha value is -0.140. The van der Waals surface area contributed by atoms with Crippen molar-refractivity contribution in [3.05, 3.63) is 17.0 Å². The number of sulfonamides is 1. The quantitative estimate of drug-likeness (QED) is 0.926. The molecular weight excluding hydrogens is 292 g/mol. The average Bonchev–Trinajstić information content (AvgIpc) is 2.77. The second kappa shape index (κ2) is 6.34. The number of halogens is 1. The fourth-order valence-corrected chi connectivity index (χ4v) is 4.97. The van der Waals surface area contributed by atoms with Gasteiger partial charge < -0.3 is 5.73 Å². The van der Waals surface area contributed by atoms with Crippen molar-refractivity contribution in [1.29, 1.82) is 0 Å². The SMILES string of the molecule is Cc1ccc(S(=O)(=O)N2CCC(CN)CC2)s1.Cl. The molecule has 1 aliphatic heterocycles. The van der Waals surface area contributed by atoms with Crippen molar-refractivity contribution in [2.24, 2.45) is 11.7 Å². The zero-order valence-corrected chi connectivity index (χ0v) is 12.8. The van der Waals surface area contributed by atoms with Crippen LogP contribution in [0.3, 0.4) is 0 Å². The average molecular weight is 311 g/mol. The third-order valence-electron chi connectivity index (χ3n) is 3.22. The van der Waals surface area contributed by atoms with Gasteiger partial charge in [-0.15, -0.1) is 23.7 Å². The highest BCUT2D eigenvalue weighted by molar-refractivity contribution is 7.91. The first kappa shape index (κ1) is 15.9. The van der Waals surface area contributed by atoms with Crippen molar-refractivity contribution in [3.63, 3.8) is 0 Å². The number of thiophene rings is 1. The molecule has 7 heteroatoms. The molecule has 4 nitrogen and oxygen atoms in total. The van der Waals surface area contributed by atoms with E-state index in [4.69, 9.17) is 5.73 Å². The fourth-order valence-electron chi connectivity index (χ4n) is 2.06. The molecule has 1 aliphatic rings. The molecule has 2 heterocycles. The van der Waals surface area contributed by atoms with Crippen LogP contribution in [-0.4, -0.2) is 32.4 Å². The maximum atomic E-state index is 12.3. The molecule has 18 heavy (non-hydrogen) atoms. The Bertz CT molecular complexity index is 479. The minimum atomic E-state index is -3.26. The van der Waals surface area contributed by atoms with Gasteiger partial charge in [0.05, 0.1) is 0 Å². The number of aryl methyl sites for hydroxylation is 1. The predicted molar refractivity (Wildman–Crippen MR) is 76.8 cm³/mol. The number of rotatable bonds is 3. The van der Waals surface area contributed by atoms with E-state index in [1.807, 2.05) is 13.0 Å². The van der Waals surface area contributed by atoms with Crippen LogP contribution >= 0.6 is 23.7 Å². The summed E-state index contributed by atoms with van der Waals surface area (Å²) in [6.07, 6.45) is 1.75. The van der Waals surface area contributed by atoms with Gasteiger partial charge in [-0.3, -0.25) is 0 Å². The van der Waals surface area contributed by atoms with Crippen LogP contribution in [0.1, 0.15) is 17.7 Å². The molecule has 1 fully saturated rings. The Morgan fingerprint density at radius 2 is 2.00 bits per heavy atom. The summed E-state index contributed by atoms with van der Waals surface area (Å²) in [5, 5.41) is 0. The van der Waals surface area contributed by atoms with E-state index in [1.54, 1.807) is 10.4 Å². The van der Waals surface area contributed by atoms with Gasteiger partial charge in [0.25, 0.3) is 10.0 Å². The van der Waals surface area contributed by atoms with Gasteiger partial charge in [0, 0.05) is 18.0 Å². The normalized spacial score (nSPS) is 18.6. The van der Waals surface area contributed by atoms with Crippen LogP contribution in [0.4, 0.5) is 0 Å². The van der Waals surface area contributed by atoms with Crippen molar-refractivity contribution in [2.75, 3.05) is 19.6 Å². The van der Waals surface area contributed by atoms with E-state index in [0.29, 0.717) is 29.8 Å². The van der Waals surface area contributed by atoms with E-state index < -0.39 is 10.0 Å². The van der Waals surface area contributed by atoms with Gasteiger partial charge in [0.1, 0.15) is 4.21 Å². The lowest BCUT2D eigenvalue weighted by Crippen LogP contribution is -2.39. The van der Waals surface area contributed by atoms with Crippen molar-refractivity contribution < 1.29 is 8.42 Å². The molecule has 0 aliphatic carbocycles. The van der Waals surface area contributed by atoms with Crippen LogP contribution in [-0.2, 0) is 10.0 Å². The van der Waals surface area contributed by atoms with Gasteiger partial charge in [-0.1, -0.05) is 0 Å². The molecule has 0 saturated carbocycles. The van der Waals surface area contributed by atoms with E-state index in [9.17, 15) is 8.42 Å². The minimum Gasteiger partial charge on any atom is -0.330 e. The third-order valence-corrected chi connectivity index (χ3v) is 6.58. The summed E-state index contributed by atoms with van der Waals surface area (Å²) in [4.78, 5) is 1.03. The first-order valence-electron chi connectivity index (χ1n) is 5.80. The van der Waals surface area contributed by atoms with Crippen molar-refractivity contribution in [3.8, 4) is 0 Å². The molecule has 2 N–H and O–H groups in total. The summed E-state index contributed by atoms with van der Waals surface area (Å²) in [6, 6.07) is 3.55. The number of hydrogen-bond acceptors (Lipinski definition) is 4. The van der Waals surface area contributed by atoms with Crippen molar-refractivity contribution in [1.82, 2.24) is 4.31 Å². The van der Waals surface area contributed by atoms with E-state index >= 15 is 0 Å². The van der Waals surface area contributed by atoms with E-state index in [2.05, 4.69) is 0 Å². The molecule has 0 amide bonds. The predicted octanol–water partition coefficient (Wildman–Crippen LogP) is 1.84. The molecule has 0 unspecified atom stereocenters. The van der Waals surface area contributed by atoms with Crippen LogP contribution in [0, 0.1) is 12.8 Å². The number of nitrogens with zero attached hydrogens (tertiary/aromatic N) is 1. The van der Waals surface area contributed by atoms with Gasteiger partial charge in [0.2, 0.25) is 0 Å². The third kappa shape index (κ3) is 3.24. The van der Waals surface area contributed by atoms with Crippen LogP contribution in [0.5, 0.6) is 0 Å². The maximum absolute atomic E-state index is 12.3. The highest BCUT2D eigenvalue weighted by Gasteiger charge is 2.29. The summed E-state index contributed by atoms with van der Waals surface area (Å²) in [5.74, 6) is 0.478. The second-order valence-electron chi connectivity index (χ2n) is 4.45. The van der Waals surface area contributed by atoms with Crippen LogP contribution in [0.25, 0.3) is 0 Å².